The molecule has 1 atom stereocenters. The highest BCUT2D eigenvalue weighted by Gasteiger charge is 2.12. The Labute approximate surface area is 96.7 Å². The van der Waals surface area contributed by atoms with E-state index in [-0.39, 0.29) is 0 Å². The SMILES string of the molecule is CS(=O)CCCNCCC1CCCCC1. The molecule has 0 aliphatic heterocycles. The van der Waals surface area contributed by atoms with Gasteiger partial charge >= 0.3 is 0 Å². The lowest BCUT2D eigenvalue weighted by Gasteiger charge is -2.21. The molecule has 0 aromatic heterocycles. The minimum Gasteiger partial charge on any atom is -0.317 e. The molecule has 0 aromatic rings. The molecule has 1 aliphatic carbocycles. The van der Waals surface area contributed by atoms with Gasteiger partial charge < -0.3 is 5.32 Å². The van der Waals surface area contributed by atoms with Gasteiger partial charge in [0.05, 0.1) is 0 Å². The Morgan fingerprint density at radius 2 is 1.93 bits per heavy atom. The quantitative estimate of drug-likeness (QED) is 0.681. The van der Waals surface area contributed by atoms with Gasteiger partial charge in [0, 0.05) is 22.8 Å². The Kier molecular flexibility index (Phi) is 7.28. The Balaban J connectivity index is 1.85. The predicted octanol–water partition coefficient (Wildman–Crippen LogP) is 2.32. The maximum Gasteiger partial charge on any atom is 0.0244 e. The normalized spacial score (nSPS) is 20.3. The summed E-state index contributed by atoms with van der Waals surface area (Å²) in [4.78, 5) is 0. The van der Waals surface area contributed by atoms with Crippen LogP contribution >= 0.6 is 0 Å². The molecule has 1 N–H and O–H groups in total. The fourth-order valence-electron chi connectivity index (χ4n) is 2.31. The highest BCUT2D eigenvalue weighted by molar-refractivity contribution is 7.84. The predicted molar refractivity (Wildman–Crippen MR) is 67.6 cm³/mol. The van der Waals surface area contributed by atoms with Gasteiger partial charge in [-0.2, -0.15) is 0 Å². The van der Waals surface area contributed by atoms with E-state index in [1.165, 1.54) is 38.5 Å². The molecule has 0 radical (unpaired) electrons. The third-order valence-electron chi connectivity index (χ3n) is 3.24. The molecule has 1 aliphatic rings. The van der Waals surface area contributed by atoms with Gasteiger partial charge in [-0.3, -0.25) is 4.21 Å². The molecule has 0 aromatic carbocycles. The van der Waals surface area contributed by atoms with Crippen molar-refractivity contribution in [2.75, 3.05) is 25.1 Å². The summed E-state index contributed by atoms with van der Waals surface area (Å²) < 4.78 is 10.8. The van der Waals surface area contributed by atoms with Crippen LogP contribution < -0.4 is 5.32 Å². The van der Waals surface area contributed by atoms with Crippen molar-refractivity contribution in [3.8, 4) is 0 Å². The minimum absolute atomic E-state index is 0.615. The zero-order valence-electron chi connectivity index (χ0n) is 9.96. The zero-order chi connectivity index (χ0) is 10.9. The molecule has 1 unspecified atom stereocenters. The standard InChI is InChI=1S/C12H25NOS/c1-15(14)11-5-9-13-10-8-12-6-3-2-4-7-12/h12-13H,2-11H2,1H3. The molecule has 1 fully saturated rings. The molecule has 1 saturated carbocycles. The summed E-state index contributed by atoms with van der Waals surface area (Å²) in [5.41, 5.74) is 0. The summed E-state index contributed by atoms with van der Waals surface area (Å²) in [6.45, 7) is 2.19. The topological polar surface area (TPSA) is 29.1 Å². The van der Waals surface area contributed by atoms with Gasteiger partial charge in [-0.05, 0) is 31.8 Å². The van der Waals surface area contributed by atoms with Crippen molar-refractivity contribution >= 4 is 10.8 Å². The lowest BCUT2D eigenvalue weighted by molar-refractivity contribution is 0.334. The van der Waals surface area contributed by atoms with Gasteiger partial charge in [-0.25, -0.2) is 0 Å². The van der Waals surface area contributed by atoms with Gasteiger partial charge in [0.25, 0.3) is 0 Å². The first-order chi connectivity index (χ1) is 7.29. The molecule has 0 amide bonds. The maximum absolute atomic E-state index is 10.8. The van der Waals surface area contributed by atoms with Crippen LogP contribution in [0.4, 0.5) is 0 Å². The van der Waals surface area contributed by atoms with Crippen molar-refractivity contribution in [1.29, 1.82) is 0 Å². The van der Waals surface area contributed by atoms with Gasteiger partial charge in [-0.1, -0.05) is 32.1 Å². The molecule has 0 saturated heterocycles. The van der Waals surface area contributed by atoms with E-state index in [2.05, 4.69) is 5.32 Å². The minimum atomic E-state index is -0.615. The maximum atomic E-state index is 10.8. The van der Waals surface area contributed by atoms with E-state index in [4.69, 9.17) is 0 Å². The number of nitrogens with one attached hydrogen (secondary N) is 1. The van der Waals surface area contributed by atoms with Crippen molar-refractivity contribution in [3.05, 3.63) is 0 Å². The van der Waals surface area contributed by atoms with E-state index < -0.39 is 10.8 Å². The summed E-state index contributed by atoms with van der Waals surface area (Å²) in [6, 6.07) is 0. The first kappa shape index (κ1) is 13.2. The first-order valence-electron chi connectivity index (χ1n) is 6.30. The Morgan fingerprint density at radius 3 is 2.60 bits per heavy atom. The lowest BCUT2D eigenvalue weighted by atomic mass is 9.87. The molecule has 15 heavy (non-hydrogen) atoms. The monoisotopic (exact) mass is 231 g/mol. The van der Waals surface area contributed by atoms with E-state index in [1.807, 2.05) is 0 Å². The van der Waals surface area contributed by atoms with E-state index in [9.17, 15) is 4.21 Å². The number of rotatable bonds is 7. The van der Waals surface area contributed by atoms with Crippen LogP contribution in [-0.4, -0.2) is 29.3 Å². The smallest absolute Gasteiger partial charge is 0.0244 e. The van der Waals surface area contributed by atoms with E-state index in [1.54, 1.807) is 6.26 Å². The van der Waals surface area contributed by atoms with Crippen molar-refractivity contribution in [1.82, 2.24) is 5.32 Å². The van der Waals surface area contributed by atoms with Gasteiger partial charge in [0.1, 0.15) is 0 Å². The largest absolute Gasteiger partial charge is 0.317 e. The fourth-order valence-corrected chi connectivity index (χ4v) is 2.86. The summed E-state index contributed by atoms with van der Waals surface area (Å²) >= 11 is 0. The molecular formula is C12H25NOS. The van der Waals surface area contributed by atoms with Gasteiger partial charge in [-0.15, -0.1) is 0 Å². The van der Waals surface area contributed by atoms with Gasteiger partial charge in [0.15, 0.2) is 0 Å². The molecule has 0 spiro atoms. The van der Waals surface area contributed by atoms with Crippen molar-refractivity contribution in [2.24, 2.45) is 5.92 Å². The molecule has 0 heterocycles. The second-order valence-corrected chi connectivity index (χ2v) is 6.23. The van der Waals surface area contributed by atoms with Gasteiger partial charge in [0.2, 0.25) is 0 Å². The molecule has 3 heteroatoms. The Morgan fingerprint density at radius 1 is 1.20 bits per heavy atom. The van der Waals surface area contributed by atoms with Crippen LogP contribution in [0.5, 0.6) is 0 Å². The van der Waals surface area contributed by atoms with Crippen LogP contribution in [0.3, 0.4) is 0 Å². The second-order valence-electron chi connectivity index (χ2n) is 4.67. The van der Waals surface area contributed by atoms with Crippen molar-refractivity contribution in [3.63, 3.8) is 0 Å². The highest BCUT2D eigenvalue weighted by atomic mass is 32.2. The van der Waals surface area contributed by atoms with Crippen LogP contribution in [0.15, 0.2) is 0 Å². The van der Waals surface area contributed by atoms with E-state index in [0.29, 0.717) is 0 Å². The average molecular weight is 231 g/mol. The number of hydrogen-bond donors (Lipinski definition) is 1. The molecule has 0 bridgehead atoms. The summed E-state index contributed by atoms with van der Waals surface area (Å²) in [7, 11) is -0.615. The van der Waals surface area contributed by atoms with E-state index in [0.717, 1.165) is 31.2 Å². The molecular weight excluding hydrogens is 206 g/mol. The third kappa shape index (κ3) is 7.07. The summed E-state index contributed by atoms with van der Waals surface area (Å²) in [5, 5.41) is 3.45. The van der Waals surface area contributed by atoms with Crippen LogP contribution in [0.2, 0.25) is 0 Å². The van der Waals surface area contributed by atoms with Crippen molar-refractivity contribution in [2.45, 2.75) is 44.9 Å². The highest BCUT2D eigenvalue weighted by Crippen LogP contribution is 2.25. The molecule has 2 nitrogen and oxygen atoms in total. The van der Waals surface area contributed by atoms with Crippen LogP contribution in [-0.2, 0) is 10.8 Å². The molecule has 90 valence electrons. The summed E-state index contributed by atoms with van der Waals surface area (Å²) in [5.74, 6) is 1.82. The van der Waals surface area contributed by atoms with Crippen molar-refractivity contribution < 1.29 is 4.21 Å². The fraction of sp³-hybridized carbons (Fsp3) is 1.00. The lowest BCUT2D eigenvalue weighted by Crippen LogP contribution is -2.21. The average Bonchev–Trinajstić information content (AvgIpc) is 2.24. The van der Waals surface area contributed by atoms with Crippen LogP contribution in [0.25, 0.3) is 0 Å². The summed E-state index contributed by atoms with van der Waals surface area (Å²) in [6.07, 6.45) is 11.4. The molecule has 1 rings (SSSR count). The van der Waals surface area contributed by atoms with Crippen LogP contribution in [0.1, 0.15) is 44.9 Å². The first-order valence-corrected chi connectivity index (χ1v) is 8.02. The van der Waals surface area contributed by atoms with Crippen LogP contribution in [0, 0.1) is 5.92 Å². The Bertz CT molecular complexity index is 178. The number of hydrogen-bond acceptors (Lipinski definition) is 2. The second kappa shape index (κ2) is 8.28. The third-order valence-corrected chi connectivity index (χ3v) is 4.10. The zero-order valence-corrected chi connectivity index (χ0v) is 10.8. The Hall–Kier alpha value is 0.110. The van der Waals surface area contributed by atoms with E-state index >= 15 is 0 Å².